The number of benzene rings is 2. The van der Waals surface area contributed by atoms with Crippen molar-refractivity contribution in [2.45, 2.75) is 32.8 Å². The molecule has 0 saturated heterocycles. The number of hydrogen-bond acceptors (Lipinski definition) is 5. The lowest BCUT2D eigenvalue weighted by atomic mass is 10.0. The summed E-state index contributed by atoms with van der Waals surface area (Å²) in [6.45, 7) is 6.02. The van der Waals surface area contributed by atoms with Gasteiger partial charge in [0.1, 0.15) is 11.9 Å². The van der Waals surface area contributed by atoms with Crippen molar-refractivity contribution in [1.29, 1.82) is 0 Å². The summed E-state index contributed by atoms with van der Waals surface area (Å²) in [4.78, 5) is 26.6. The Morgan fingerprint density at radius 3 is 2.11 bits per heavy atom. The number of rotatable bonds is 10. The van der Waals surface area contributed by atoms with Crippen molar-refractivity contribution in [2.24, 2.45) is 0 Å². The Morgan fingerprint density at radius 1 is 0.926 bits per heavy atom. The number of carbonyl (C=O) groups is 2. The number of methoxy groups -OCH3 is 1. The van der Waals surface area contributed by atoms with Crippen LogP contribution in [0.3, 0.4) is 0 Å². The predicted octanol–water partition coefficient (Wildman–Crippen LogP) is 4.12. The second-order valence-corrected chi connectivity index (χ2v) is 6.18. The monoisotopic (exact) mass is 369 g/mol. The van der Waals surface area contributed by atoms with Gasteiger partial charge in [0.25, 0.3) is 0 Å². The Morgan fingerprint density at radius 2 is 1.56 bits per heavy atom. The molecule has 27 heavy (non-hydrogen) atoms. The van der Waals surface area contributed by atoms with E-state index in [9.17, 15) is 9.59 Å². The molecule has 0 heterocycles. The molecule has 0 amide bonds. The van der Waals surface area contributed by atoms with Crippen molar-refractivity contribution in [3.05, 3.63) is 60.2 Å². The van der Waals surface area contributed by atoms with Crippen molar-refractivity contribution in [1.82, 2.24) is 0 Å². The number of hydrogen-bond donors (Lipinski definition) is 0. The van der Waals surface area contributed by atoms with Gasteiger partial charge in [0.15, 0.2) is 5.78 Å². The molecule has 2 aromatic carbocycles. The molecule has 0 saturated carbocycles. The van der Waals surface area contributed by atoms with Crippen molar-refractivity contribution in [3.63, 3.8) is 0 Å². The highest BCUT2D eigenvalue weighted by molar-refractivity contribution is 5.97. The Kier molecular flexibility index (Phi) is 7.86. The molecule has 2 aromatic rings. The minimum Gasteiger partial charge on any atom is -0.489 e. The summed E-state index contributed by atoms with van der Waals surface area (Å²) in [6.07, 6.45) is -0.446. The summed E-state index contributed by atoms with van der Waals surface area (Å²) in [5.41, 5.74) is 1.70. The number of carbonyl (C=O) groups excluding carboxylic acids is 2. The average Bonchev–Trinajstić information content (AvgIpc) is 2.70. The van der Waals surface area contributed by atoms with Gasteiger partial charge in [0.05, 0.1) is 13.5 Å². The molecule has 0 radical (unpaired) electrons. The molecule has 0 N–H and O–H groups in total. The lowest BCUT2D eigenvalue weighted by Gasteiger charge is -2.21. The van der Waals surface area contributed by atoms with Crippen molar-refractivity contribution < 1.29 is 19.1 Å². The largest absolute Gasteiger partial charge is 0.489 e. The molecular weight excluding hydrogens is 342 g/mol. The van der Waals surface area contributed by atoms with Crippen LogP contribution in [-0.4, -0.2) is 38.1 Å². The van der Waals surface area contributed by atoms with E-state index in [1.54, 1.807) is 12.1 Å². The van der Waals surface area contributed by atoms with Crippen molar-refractivity contribution >= 4 is 17.4 Å². The molecule has 0 bridgehead atoms. The first-order valence-electron chi connectivity index (χ1n) is 9.24. The molecule has 1 unspecified atom stereocenters. The zero-order valence-corrected chi connectivity index (χ0v) is 16.2. The second kappa shape index (κ2) is 10.4. The molecule has 144 valence electrons. The van der Waals surface area contributed by atoms with Gasteiger partial charge >= 0.3 is 5.97 Å². The summed E-state index contributed by atoms with van der Waals surface area (Å²) in [6, 6.07) is 16.7. The maximum atomic E-state index is 12.7. The highest BCUT2D eigenvalue weighted by Gasteiger charge is 2.21. The van der Waals surface area contributed by atoms with Gasteiger partial charge < -0.3 is 14.4 Å². The molecule has 0 aliphatic carbocycles. The number of para-hydroxylation sites is 1. The van der Waals surface area contributed by atoms with Crippen LogP contribution in [0.25, 0.3) is 0 Å². The van der Waals surface area contributed by atoms with Crippen LogP contribution in [0.5, 0.6) is 5.75 Å². The second-order valence-electron chi connectivity index (χ2n) is 6.18. The third-order valence-corrected chi connectivity index (χ3v) is 4.40. The molecular formula is C22H27NO4. The molecule has 0 aliphatic heterocycles. The van der Waals surface area contributed by atoms with E-state index in [2.05, 4.69) is 18.7 Å². The van der Waals surface area contributed by atoms with Gasteiger partial charge in [-0.05, 0) is 50.2 Å². The molecule has 1 atom stereocenters. The van der Waals surface area contributed by atoms with Crippen LogP contribution in [-0.2, 0) is 9.53 Å². The third kappa shape index (κ3) is 6.13. The maximum absolute atomic E-state index is 12.7. The van der Waals surface area contributed by atoms with E-state index >= 15 is 0 Å². The smallest absolute Gasteiger partial charge is 0.309 e. The van der Waals surface area contributed by atoms with Crippen LogP contribution < -0.4 is 9.64 Å². The Balaban J connectivity index is 2.08. The molecule has 0 fully saturated rings. The number of ether oxygens (including phenoxy) is 2. The first-order valence-corrected chi connectivity index (χ1v) is 9.24. The lowest BCUT2D eigenvalue weighted by Crippen LogP contribution is -2.25. The first-order chi connectivity index (χ1) is 13.1. The van der Waals surface area contributed by atoms with Gasteiger partial charge in [-0.2, -0.15) is 0 Å². The van der Waals surface area contributed by atoms with Crippen LogP contribution in [0.2, 0.25) is 0 Å². The summed E-state index contributed by atoms with van der Waals surface area (Å²) >= 11 is 0. The van der Waals surface area contributed by atoms with Crippen LogP contribution in [0.4, 0.5) is 5.69 Å². The quantitative estimate of drug-likeness (QED) is 0.466. The SMILES string of the molecule is CCN(CC)c1ccc(C(=O)CC(CC(=O)OC)Oc2ccccc2)cc1. The summed E-state index contributed by atoms with van der Waals surface area (Å²) < 4.78 is 10.6. The standard InChI is InChI=1S/C22H27NO4/c1-4-23(5-2)18-13-11-17(12-14-18)21(24)15-20(16-22(25)26-3)27-19-9-7-6-8-10-19/h6-14,20H,4-5,15-16H2,1-3H3. The van der Waals surface area contributed by atoms with E-state index in [1.165, 1.54) is 7.11 Å². The van der Waals surface area contributed by atoms with Crippen LogP contribution in [0.15, 0.2) is 54.6 Å². The Bertz CT molecular complexity index is 724. The molecule has 0 aromatic heterocycles. The number of nitrogens with zero attached hydrogens (tertiary/aromatic N) is 1. The zero-order valence-electron chi connectivity index (χ0n) is 16.2. The minimum absolute atomic E-state index is 0.0225. The average molecular weight is 369 g/mol. The highest BCUT2D eigenvalue weighted by atomic mass is 16.5. The van der Waals surface area contributed by atoms with E-state index in [1.807, 2.05) is 42.5 Å². The van der Waals surface area contributed by atoms with E-state index < -0.39 is 12.1 Å². The van der Waals surface area contributed by atoms with E-state index in [-0.39, 0.29) is 18.6 Å². The number of Topliss-reactive ketones (excluding diaryl/α,β-unsaturated/α-hetero) is 1. The van der Waals surface area contributed by atoms with Gasteiger partial charge in [-0.15, -0.1) is 0 Å². The molecule has 2 rings (SSSR count). The summed E-state index contributed by atoms with van der Waals surface area (Å²) in [5.74, 6) is 0.155. The van der Waals surface area contributed by atoms with Crippen molar-refractivity contribution in [2.75, 3.05) is 25.1 Å². The Labute approximate surface area is 160 Å². The Hall–Kier alpha value is -2.82. The minimum atomic E-state index is -0.574. The number of esters is 1. The zero-order chi connectivity index (χ0) is 19.6. The maximum Gasteiger partial charge on any atom is 0.309 e. The van der Waals surface area contributed by atoms with Crippen LogP contribution in [0, 0.1) is 0 Å². The predicted molar refractivity (Wildman–Crippen MR) is 106 cm³/mol. The fraction of sp³-hybridized carbons (Fsp3) is 0.364. The summed E-state index contributed by atoms with van der Waals surface area (Å²) in [5, 5.41) is 0. The van der Waals surface area contributed by atoms with Gasteiger partial charge in [-0.25, -0.2) is 0 Å². The molecule has 0 spiro atoms. The van der Waals surface area contributed by atoms with E-state index in [0.29, 0.717) is 11.3 Å². The number of anilines is 1. The van der Waals surface area contributed by atoms with Gasteiger partial charge in [-0.1, -0.05) is 18.2 Å². The number of ketones is 1. The van der Waals surface area contributed by atoms with E-state index in [4.69, 9.17) is 9.47 Å². The normalized spacial score (nSPS) is 11.5. The fourth-order valence-corrected chi connectivity index (χ4v) is 2.89. The van der Waals surface area contributed by atoms with Gasteiger partial charge in [0, 0.05) is 30.8 Å². The van der Waals surface area contributed by atoms with E-state index in [0.717, 1.165) is 18.8 Å². The lowest BCUT2D eigenvalue weighted by molar-refractivity contribution is -0.142. The fourth-order valence-electron chi connectivity index (χ4n) is 2.89. The van der Waals surface area contributed by atoms with Gasteiger partial charge in [0.2, 0.25) is 0 Å². The topological polar surface area (TPSA) is 55.8 Å². The van der Waals surface area contributed by atoms with Crippen LogP contribution >= 0.6 is 0 Å². The summed E-state index contributed by atoms with van der Waals surface area (Å²) in [7, 11) is 1.33. The highest BCUT2D eigenvalue weighted by Crippen LogP contribution is 2.19. The third-order valence-electron chi connectivity index (χ3n) is 4.40. The molecule has 5 heteroatoms. The van der Waals surface area contributed by atoms with Crippen LogP contribution in [0.1, 0.15) is 37.0 Å². The molecule has 0 aliphatic rings. The molecule has 5 nitrogen and oxygen atoms in total. The van der Waals surface area contributed by atoms with Crippen molar-refractivity contribution in [3.8, 4) is 5.75 Å². The van der Waals surface area contributed by atoms with Gasteiger partial charge in [-0.3, -0.25) is 9.59 Å². The first kappa shape index (κ1) is 20.5.